The molecule has 18 heavy (non-hydrogen) atoms. The summed E-state index contributed by atoms with van der Waals surface area (Å²) in [6.45, 7) is 0.932. The third-order valence-corrected chi connectivity index (χ3v) is 2.89. The van der Waals surface area contributed by atoms with Gasteiger partial charge in [-0.2, -0.15) is 8.42 Å². The zero-order valence-corrected chi connectivity index (χ0v) is 9.57. The minimum absolute atomic E-state index is 0.909. The van der Waals surface area contributed by atoms with Crippen LogP contribution in [0, 0.1) is 0 Å². The summed E-state index contributed by atoms with van der Waals surface area (Å²) in [6, 6.07) is 0. The van der Waals surface area contributed by atoms with E-state index >= 15 is 0 Å². The van der Waals surface area contributed by atoms with Gasteiger partial charge in [0.2, 0.25) is 0 Å². The molecule has 1 aliphatic carbocycles. The maximum absolute atomic E-state index is 13.5. The molecule has 0 spiro atoms. The average molecular weight is 294 g/mol. The zero-order chi connectivity index (χ0) is 14.3. The Labute approximate surface area is 98.7 Å². The van der Waals surface area contributed by atoms with Gasteiger partial charge in [-0.3, -0.25) is 4.55 Å². The van der Waals surface area contributed by atoms with Gasteiger partial charge in [-0.05, 0) is 6.42 Å². The van der Waals surface area contributed by atoms with Crippen LogP contribution in [0.2, 0.25) is 0 Å². The molecule has 1 rings (SSSR count). The minimum atomic E-state index is -5.42. The Bertz CT molecular complexity index is 526. The van der Waals surface area contributed by atoms with E-state index in [1.807, 2.05) is 0 Å². The van der Waals surface area contributed by atoms with E-state index in [9.17, 15) is 30.4 Å². The standard InChI is InChI=1S/C8H7F5O4S/c1-2-8(17-18(14,15)16)6(12)4(10)3(9)5(11)7(8)13/h6H,2H2,1H3,(H,14,15,16). The Kier molecular flexibility index (Phi) is 3.84. The summed E-state index contributed by atoms with van der Waals surface area (Å²) < 4.78 is 98.6. The first-order valence-electron chi connectivity index (χ1n) is 4.50. The molecule has 0 saturated heterocycles. The fourth-order valence-electron chi connectivity index (χ4n) is 1.47. The van der Waals surface area contributed by atoms with Crippen LogP contribution in [0.15, 0.2) is 23.3 Å². The molecule has 0 amide bonds. The predicted octanol–water partition coefficient (Wildman–Crippen LogP) is 2.61. The molecule has 0 aromatic heterocycles. The third kappa shape index (κ3) is 2.27. The van der Waals surface area contributed by atoms with E-state index < -0.39 is 51.9 Å². The second-order valence-corrected chi connectivity index (χ2v) is 4.43. The lowest BCUT2D eigenvalue weighted by Crippen LogP contribution is -2.47. The number of halogens is 5. The number of rotatable bonds is 3. The number of allylic oxidation sites excluding steroid dienone is 2. The smallest absolute Gasteiger partial charge is 0.264 e. The van der Waals surface area contributed by atoms with Gasteiger partial charge >= 0.3 is 10.4 Å². The van der Waals surface area contributed by atoms with Crippen LogP contribution in [0.3, 0.4) is 0 Å². The molecule has 1 aliphatic rings. The van der Waals surface area contributed by atoms with Crippen molar-refractivity contribution >= 4 is 10.4 Å². The van der Waals surface area contributed by atoms with Crippen LogP contribution in [0.4, 0.5) is 22.0 Å². The molecule has 0 aromatic rings. The summed E-state index contributed by atoms with van der Waals surface area (Å²) in [7, 11) is -5.42. The highest BCUT2D eigenvalue weighted by Gasteiger charge is 2.55. The van der Waals surface area contributed by atoms with E-state index in [2.05, 4.69) is 4.18 Å². The molecule has 0 radical (unpaired) electrons. The van der Waals surface area contributed by atoms with Crippen LogP contribution in [-0.4, -0.2) is 24.7 Å². The first-order valence-corrected chi connectivity index (χ1v) is 5.86. The molecule has 4 nitrogen and oxygen atoms in total. The molecule has 2 atom stereocenters. The highest BCUT2D eigenvalue weighted by molar-refractivity contribution is 7.80. The van der Waals surface area contributed by atoms with Gasteiger partial charge in [0.15, 0.2) is 35.1 Å². The first-order chi connectivity index (χ1) is 8.07. The topological polar surface area (TPSA) is 63.6 Å². The quantitative estimate of drug-likeness (QED) is 0.642. The van der Waals surface area contributed by atoms with Crippen molar-refractivity contribution in [1.82, 2.24) is 0 Å². The number of hydrogen-bond acceptors (Lipinski definition) is 3. The first kappa shape index (κ1) is 15.1. The summed E-state index contributed by atoms with van der Waals surface area (Å²) in [5.74, 6) is -9.46. The van der Waals surface area contributed by atoms with E-state index in [1.165, 1.54) is 0 Å². The summed E-state index contributed by atoms with van der Waals surface area (Å²) in [6.07, 6.45) is -4.16. The lowest BCUT2D eigenvalue weighted by molar-refractivity contribution is -0.00632. The summed E-state index contributed by atoms with van der Waals surface area (Å²) in [5.41, 5.74) is -3.29. The van der Waals surface area contributed by atoms with Crippen molar-refractivity contribution in [3.8, 4) is 0 Å². The summed E-state index contributed by atoms with van der Waals surface area (Å²) in [4.78, 5) is 0. The van der Waals surface area contributed by atoms with Crippen molar-refractivity contribution in [3.63, 3.8) is 0 Å². The monoisotopic (exact) mass is 294 g/mol. The lowest BCUT2D eigenvalue weighted by atomic mass is 9.88. The Morgan fingerprint density at radius 3 is 2.17 bits per heavy atom. The van der Waals surface area contributed by atoms with Crippen molar-refractivity contribution in [2.75, 3.05) is 0 Å². The van der Waals surface area contributed by atoms with Crippen LogP contribution in [0.5, 0.6) is 0 Å². The molecule has 0 fully saturated rings. The predicted molar refractivity (Wildman–Crippen MR) is 49.0 cm³/mol. The summed E-state index contributed by atoms with van der Waals surface area (Å²) >= 11 is 0. The number of hydrogen-bond donors (Lipinski definition) is 1. The Morgan fingerprint density at radius 1 is 1.28 bits per heavy atom. The highest BCUT2D eigenvalue weighted by atomic mass is 32.3. The molecular formula is C8H7F5O4S. The molecule has 0 saturated carbocycles. The molecule has 2 unspecified atom stereocenters. The second kappa shape index (κ2) is 4.59. The molecule has 0 bridgehead atoms. The molecule has 0 aliphatic heterocycles. The Hall–Kier alpha value is -1.00. The van der Waals surface area contributed by atoms with Crippen LogP contribution in [-0.2, 0) is 14.6 Å². The van der Waals surface area contributed by atoms with Gasteiger partial charge in [0.05, 0.1) is 0 Å². The van der Waals surface area contributed by atoms with Crippen LogP contribution in [0.1, 0.15) is 13.3 Å². The third-order valence-electron chi connectivity index (χ3n) is 2.38. The van der Waals surface area contributed by atoms with E-state index in [4.69, 9.17) is 4.55 Å². The van der Waals surface area contributed by atoms with Gasteiger partial charge in [0, 0.05) is 0 Å². The van der Waals surface area contributed by atoms with Gasteiger partial charge in [0.1, 0.15) is 0 Å². The number of alkyl halides is 1. The van der Waals surface area contributed by atoms with E-state index in [1.54, 1.807) is 0 Å². The molecular weight excluding hydrogens is 287 g/mol. The van der Waals surface area contributed by atoms with Crippen molar-refractivity contribution < 1.29 is 39.1 Å². The molecule has 10 heteroatoms. The maximum atomic E-state index is 13.5. The van der Waals surface area contributed by atoms with Crippen molar-refractivity contribution in [3.05, 3.63) is 23.3 Å². The maximum Gasteiger partial charge on any atom is 0.398 e. The molecule has 1 N–H and O–H groups in total. The van der Waals surface area contributed by atoms with Gasteiger partial charge < -0.3 is 0 Å². The normalized spacial score (nSPS) is 30.1. The fraction of sp³-hybridized carbons (Fsp3) is 0.500. The average Bonchev–Trinajstić information content (AvgIpc) is 2.28. The van der Waals surface area contributed by atoms with Crippen molar-refractivity contribution in [2.24, 2.45) is 0 Å². The molecule has 0 aromatic carbocycles. The van der Waals surface area contributed by atoms with Crippen LogP contribution < -0.4 is 0 Å². The van der Waals surface area contributed by atoms with Crippen LogP contribution in [0.25, 0.3) is 0 Å². The van der Waals surface area contributed by atoms with E-state index in [0.717, 1.165) is 6.92 Å². The largest absolute Gasteiger partial charge is 0.398 e. The fourth-order valence-corrected chi connectivity index (χ4v) is 2.13. The van der Waals surface area contributed by atoms with E-state index in [-0.39, 0.29) is 0 Å². The summed E-state index contributed by atoms with van der Waals surface area (Å²) in [5, 5.41) is 0. The zero-order valence-electron chi connectivity index (χ0n) is 8.75. The second-order valence-electron chi connectivity index (χ2n) is 3.41. The van der Waals surface area contributed by atoms with Crippen molar-refractivity contribution in [1.29, 1.82) is 0 Å². The van der Waals surface area contributed by atoms with Gasteiger partial charge in [-0.1, -0.05) is 6.92 Å². The lowest BCUT2D eigenvalue weighted by Gasteiger charge is -2.33. The van der Waals surface area contributed by atoms with Gasteiger partial charge in [0.25, 0.3) is 0 Å². The Balaban J connectivity index is 3.47. The van der Waals surface area contributed by atoms with Gasteiger partial charge in [-0.25, -0.2) is 26.1 Å². The molecule has 0 heterocycles. The minimum Gasteiger partial charge on any atom is -0.264 e. The highest BCUT2D eigenvalue weighted by Crippen LogP contribution is 2.46. The van der Waals surface area contributed by atoms with E-state index in [0.29, 0.717) is 0 Å². The Morgan fingerprint density at radius 2 is 1.78 bits per heavy atom. The van der Waals surface area contributed by atoms with Crippen molar-refractivity contribution in [2.45, 2.75) is 25.1 Å². The van der Waals surface area contributed by atoms with Crippen LogP contribution >= 0.6 is 0 Å². The van der Waals surface area contributed by atoms with Gasteiger partial charge in [-0.15, -0.1) is 0 Å². The SMILES string of the molecule is CCC1(OS(=O)(=O)O)C(F)=C(F)C(F)=C(F)C1F. The molecule has 104 valence electrons.